The summed E-state index contributed by atoms with van der Waals surface area (Å²) in [4.78, 5) is 22.5. The topological polar surface area (TPSA) is 151 Å². The maximum atomic E-state index is 12.9. The molecule has 12 nitrogen and oxygen atoms in total. The number of carboxylic acids is 1. The van der Waals surface area contributed by atoms with Crippen LogP contribution in [-0.4, -0.2) is 108 Å². The van der Waals surface area contributed by atoms with Crippen molar-refractivity contribution in [1.82, 2.24) is 19.2 Å². The van der Waals surface area contributed by atoms with Crippen LogP contribution in [0.25, 0.3) is 43.4 Å². The molecule has 1 fully saturated rings. The lowest BCUT2D eigenvalue weighted by Gasteiger charge is -2.32. The minimum atomic E-state index is -4.43. The average molecular weight is 864 g/mol. The van der Waals surface area contributed by atoms with E-state index in [0.29, 0.717) is 66.6 Å². The van der Waals surface area contributed by atoms with Gasteiger partial charge in [0.2, 0.25) is 12.0 Å². The number of carboxylic acid groups (broad SMARTS) is 1. The molecule has 4 N–H and O–H groups in total. The minimum absolute atomic E-state index is 0.0621. The van der Waals surface area contributed by atoms with Gasteiger partial charge in [-0.3, -0.25) is 9.88 Å². The average Bonchev–Trinajstić information content (AvgIpc) is 3.88. The number of benzene rings is 3. The molecule has 0 spiro atoms. The highest BCUT2D eigenvalue weighted by atomic mass is 35.5. The van der Waals surface area contributed by atoms with Gasteiger partial charge in [0.25, 0.3) is 0 Å². The number of rotatable bonds is 17. The van der Waals surface area contributed by atoms with E-state index in [9.17, 15) is 23.1 Å². The molecule has 4 heterocycles. The van der Waals surface area contributed by atoms with Crippen molar-refractivity contribution in [3.8, 4) is 39.8 Å². The second-order valence-electron chi connectivity index (χ2n) is 14.4. The third-order valence-electron chi connectivity index (χ3n) is 10.3. The second-order valence-corrected chi connectivity index (χ2v) is 15.6. The number of fused-ring (bicyclic) bond motifs is 2. The number of alkyl halides is 3. The highest BCUT2D eigenvalue weighted by molar-refractivity contribution is 7.13. The molecule has 0 bridgehead atoms. The van der Waals surface area contributed by atoms with Crippen LogP contribution in [0.4, 0.5) is 13.2 Å². The third kappa shape index (κ3) is 9.91. The summed E-state index contributed by atoms with van der Waals surface area (Å²) in [7, 11) is 2.12. The number of ether oxygens (including phenoxy) is 3. The molecule has 0 saturated carbocycles. The van der Waals surface area contributed by atoms with E-state index in [1.807, 2.05) is 43.3 Å². The molecular formula is C43H43ClF3N6O6S+. The molecular weight excluding hydrogens is 821 g/mol. The van der Waals surface area contributed by atoms with Crippen molar-refractivity contribution >= 4 is 56.4 Å². The zero-order valence-corrected chi connectivity index (χ0v) is 34.4. The lowest BCUT2D eigenvalue weighted by molar-refractivity contribution is -0.633. The van der Waals surface area contributed by atoms with Gasteiger partial charge >= 0.3 is 12.1 Å². The summed E-state index contributed by atoms with van der Waals surface area (Å²) < 4.78 is 68.4. The molecule has 60 heavy (non-hydrogen) atoms. The number of piperazine rings is 1. The normalized spacial score (nSPS) is 14.7. The molecule has 3 aromatic heterocycles. The standard InChI is InChI=1S/C43H42ClF3N6O6S/c1-26-30(10-11-33(38(26)44)56-21-19-53-17-15-52(2)16-18-53)36-37-35(23-49-39(36)31-8-5-7-27-13-20-57-40(27)31)60-51-41(37)59-34(42(54)55)22-28-6-3-4-9-32(28)58-24-29(12-14-48)50-25-43(45,46)47/h3-14,20,23,34,48,50H,15-19,21-22,24-25H2,1-2H3,(H,54,55)/p+1/b29-12-,48-14?/t34-/m1/s1. The highest BCUT2D eigenvalue weighted by Gasteiger charge is 2.31. The fraction of sp³-hybridized carbons (Fsp3) is 0.302. The highest BCUT2D eigenvalue weighted by Crippen LogP contribution is 2.47. The fourth-order valence-electron chi connectivity index (χ4n) is 7.05. The summed E-state index contributed by atoms with van der Waals surface area (Å²) in [6, 6.07) is 17.9. The number of furan rings is 1. The Balaban J connectivity index is 1.23. The summed E-state index contributed by atoms with van der Waals surface area (Å²) in [5.74, 6) is -0.428. The first-order valence-electron chi connectivity index (χ1n) is 19.2. The van der Waals surface area contributed by atoms with Gasteiger partial charge < -0.3 is 39.4 Å². The predicted molar refractivity (Wildman–Crippen MR) is 225 cm³/mol. The number of hydrogen-bond acceptors (Lipinski definition) is 11. The van der Waals surface area contributed by atoms with Crippen LogP contribution in [0, 0.1) is 12.3 Å². The van der Waals surface area contributed by atoms with Gasteiger partial charge in [-0.25, -0.2) is 4.79 Å². The van der Waals surface area contributed by atoms with Gasteiger partial charge in [0.05, 0.1) is 27.1 Å². The number of nitrogens with one attached hydrogen (secondary N) is 1. The van der Waals surface area contributed by atoms with E-state index < -0.39 is 24.8 Å². The van der Waals surface area contributed by atoms with Crippen LogP contribution in [0.1, 0.15) is 11.1 Å². The van der Waals surface area contributed by atoms with Crippen LogP contribution < -0.4 is 19.5 Å². The van der Waals surface area contributed by atoms with Crippen LogP contribution in [0.3, 0.4) is 0 Å². The first-order chi connectivity index (χ1) is 28.9. The monoisotopic (exact) mass is 863 g/mol. The summed E-state index contributed by atoms with van der Waals surface area (Å²) in [5, 5.41) is 20.6. The molecule has 0 amide bonds. The van der Waals surface area contributed by atoms with Crippen molar-refractivity contribution in [2.45, 2.75) is 25.6 Å². The zero-order valence-electron chi connectivity index (χ0n) is 32.8. The van der Waals surface area contributed by atoms with Gasteiger partial charge in [0, 0.05) is 74.1 Å². The number of nitrogens with two attached hydrogens (primary N) is 1. The van der Waals surface area contributed by atoms with E-state index in [2.05, 4.69) is 21.2 Å². The number of likely N-dealkylation sites (N-methyl/N-ethyl adjacent to an activating group) is 1. The quantitative estimate of drug-likeness (QED) is 0.0789. The van der Waals surface area contributed by atoms with Crippen LogP contribution in [0.2, 0.25) is 5.02 Å². The smallest absolute Gasteiger partial charge is 0.438 e. The van der Waals surface area contributed by atoms with Crippen molar-refractivity contribution < 1.29 is 47.0 Å². The Morgan fingerprint density at radius 2 is 1.87 bits per heavy atom. The molecule has 0 aliphatic carbocycles. The molecule has 3 aromatic carbocycles. The van der Waals surface area contributed by atoms with E-state index in [0.717, 1.165) is 61.2 Å². The van der Waals surface area contributed by atoms with Crippen LogP contribution in [0.15, 0.2) is 89.3 Å². The first-order valence-corrected chi connectivity index (χ1v) is 20.3. The second kappa shape index (κ2) is 18.8. The number of halogens is 4. The summed E-state index contributed by atoms with van der Waals surface area (Å²) in [5.41, 5.74) is 4.44. The van der Waals surface area contributed by atoms with Crippen molar-refractivity contribution in [2.75, 3.05) is 59.5 Å². The largest absolute Gasteiger partial charge is 0.491 e. The van der Waals surface area contributed by atoms with E-state index in [1.165, 1.54) is 6.08 Å². The van der Waals surface area contributed by atoms with E-state index >= 15 is 0 Å². The van der Waals surface area contributed by atoms with Crippen molar-refractivity contribution in [1.29, 1.82) is 5.41 Å². The number of nitrogens with zero attached hydrogens (tertiary/aromatic N) is 4. The van der Waals surface area contributed by atoms with Gasteiger partial charge in [-0.05, 0) is 66.5 Å². The molecule has 0 unspecified atom stereocenters. The van der Waals surface area contributed by atoms with Crippen molar-refractivity contribution in [3.63, 3.8) is 0 Å². The van der Waals surface area contributed by atoms with Crippen molar-refractivity contribution in [3.05, 3.63) is 101 Å². The van der Waals surface area contributed by atoms with Gasteiger partial charge in [0.1, 0.15) is 29.4 Å². The zero-order chi connectivity index (χ0) is 42.4. The molecule has 1 atom stereocenters. The van der Waals surface area contributed by atoms with Crippen molar-refractivity contribution in [2.24, 2.45) is 0 Å². The Morgan fingerprint density at radius 3 is 2.63 bits per heavy atom. The maximum absolute atomic E-state index is 12.9. The number of para-hydroxylation sites is 2. The molecule has 0 radical (unpaired) electrons. The van der Waals surface area contributed by atoms with Gasteiger partial charge in [-0.1, -0.05) is 48.0 Å². The lowest BCUT2D eigenvalue weighted by atomic mass is 9.92. The van der Waals surface area contributed by atoms with Crippen LogP contribution in [0.5, 0.6) is 17.4 Å². The number of aromatic nitrogens is 2. The number of quaternary nitrogens is 1. The molecule has 1 aliphatic heterocycles. The fourth-order valence-corrected chi connectivity index (χ4v) is 7.97. The minimum Gasteiger partial charge on any atom is -0.491 e. The Kier molecular flexibility index (Phi) is 13.4. The molecule has 7 rings (SSSR count). The third-order valence-corrected chi connectivity index (χ3v) is 11.5. The number of allylic oxidation sites excluding steroid dienone is 1. The van der Waals surface area contributed by atoms with E-state index in [1.54, 1.807) is 36.7 Å². The number of hydrogen-bond donors (Lipinski definition) is 3. The summed E-state index contributed by atoms with van der Waals surface area (Å²) >= 11 is 8.18. The Hall–Kier alpha value is -5.52. The molecule has 1 saturated heterocycles. The van der Waals surface area contributed by atoms with Crippen LogP contribution in [-0.2, 0) is 11.2 Å². The number of carbonyl (C=O) groups is 1. The SMILES string of the molecule is Cc1c(-c2c(-c3cccc4ccoc34)ncc3snc(O[C@H](Cc4ccccc4OC/C(=C/C=N)[NH2+]CC(F)(F)F)C(=O)O)c23)ccc(OCCN2CCN(C)CC2)c1Cl. The summed E-state index contributed by atoms with van der Waals surface area (Å²) in [6.07, 6.45) is -0.709. The molecule has 314 valence electrons. The summed E-state index contributed by atoms with van der Waals surface area (Å²) in [6.45, 7) is 5.58. The first kappa shape index (κ1) is 42.6. The molecule has 1 aliphatic rings. The molecule has 6 aromatic rings. The maximum Gasteiger partial charge on any atom is 0.438 e. The van der Waals surface area contributed by atoms with Crippen LogP contribution >= 0.6 is 23.1 Å². The van der Waals surface area contributed by atoms with Gasteiger partial charge in [0.15, 0.2) is 13.2 Å². The Morgan fingerprint density at radius 1 is 1.07 bits per heavy atom. The predicted octanol–water partition coefficient (Wildman–Crippen LogP) is 7.47. The Labute approximate surface area is 352 Å². The van der Waals surface area contributed by atoms with E-state index in [4.69, 9.17) is 40.6 Å². The number of pyridine rings is 1. The van der Waals surface area contributed by atoms with Gasteiger partial charge in [-0.15, -0.1) is 0 Å². The Bertz CT molecular complexity index is 2520. The molecule has 17 heteroatoms. The van der Waals surface area contributed by atoms with E-state index in [-0.39, 0.29) is 30.4 Å². The lowest BCUT2D eigenvalue weighted by Crippen LogP contribution is -2.86. The number of aliphatic carboxylic acids is 1. The van der Waals surface area contributed by atoms with Gasteiger partial charge in [-0.2, -0.15) is 17.5 Å².